The van der Waals surface area contributed by atoms with Crippen LogP contribution in [0.2, 0.25) is 0 Å². The highest BCUT2D eigenvalue weighted by molar-refractivity contribution is 7.92. The van der Waals surface area contributed by atoms with Gasteiger partial charge in [0.05, 0.1) is 16.3 Å². The maximum Gasteiger partial charge on any atom is 0.240 e. The summed E-state index contributed by atoms with van der Waals surface area (Å²) in [5.74, 6) is 0.126. The Morgan fingerprint density at radius 1 is 1.10 bits per heavy atom. The number of hydrogen-bond donors (Lipinski definition) is 2. The molecule has 1 fully saturated rings. The molecule has 4 rings (SSSR count). The van der Waals surface area contributed by atoms with Crippen molar-refractivity contribution in [1.82, 2.24) is 9.71 Å². The van der Waals surface area contributed by atoms with Crippen LogP contribution in [0.25, 0.3) is 10.9 Å². The van der Waals surface area contributed by atoms with Gasteiger partial charge in [-0.25, -0.2) is 21.6 Å². The van der Waals surface area contributed by atoms with Crippen LogP contribution in [0.1, 0.15) is 29.5 Å². The van der Waals surface area contributed by atoms with E-state index in [1.807, 2.05) is 30.5 Å². The van der Waals surface area contributed by atoms with E-state index in [1.165, 1.54) is 4.31 Å². The van der Waals surface area contributed by atoms with Crippen molar-refractivity contribution in [2.24, 2.45) is 0 Å². The third kappa shape index (κ3) is 4.35. The summed E-state index contributed by atoms with van der Waals surface area (Å²) in [6.07, 6.45) is 3.92. The molecule has 2 heterocycles. The Morgan fingerprint density at radius 3 is 2.65 bits per heavy atom. The molecule has 1 saturated heterocycles. The summed E-state index contributed by atoms with van der Waals surface area (Å²) in [6, 6.07) is 11.2. The van der Waals surface area contributed by atoms with E-state index in [0.29, 0.717) is 36.2 Å². The third-order valence-corrected chi connectivity index (χ3v) is 9.22. The summed E-state index contributed by atoms with van der Waals surface area (Å²) < 4.78 is 55.0. The van der Waals surface area contributed by atoms with Gasteiger partial charge < -0.3 is 4.98 Å². The number of fused-ring (bicyclic) bond motifs is 1. The van der Waals surface area contributed by atoms with Crippen LogP contribution in [0.4, 0.5) is 5.69 Å². The Morgan fingerprint density at radius 2 is 1.87 bits per heavy atom. The van der Waals surface area contributed by atoms with E-state index in [1.54, 1.807) is 26.0 Å². The normalized spacial score (nSPS) is 16.6. The number of para-hydroxylation sites is 1. The van der Waals surface area contributed by atoms with E-state index < -0.39 is 20.0 Å². The summed E-state index contributed by atoms with van der Waals surface area (Å²) in [5, 5.41) is 1.08. The number of nitrogens with one attached hydrogen (secondary N) is 2. The molecule has 0 atom stereocenters. The smallest absolute Gasteiger partial charge is 0.240 e. The molecule has 0 radical (unpaired) electrons. The zero-order valence-corrected chi connectivity index (χ0v) is 19.3. The highest BCUT2D eigenvalue weighted by Crippen LogP contribution is 2.31. The first-order chi connectivity index (χ1) is 14.7. The summed E-state index contributed by atoms with van der Waals surface area (Å²) >= 11 is 0. The molecule has 2 N–H and O–H groups in total. The molecule has 0 saturated carbocycles. The van der Waals surface area contributed by atoms with Gasteiger partial charge in [0.1, 0.15) is 0 Å². The van der Waals surface area contributed by atoms with Crippen molar-refractivity contribution in [3.63, 3.8) is 0 Å². The second-order valence-corrected chi connectivity index (χ2v) is 11.8. The quantitative estimate of drug-likeness (QED) is 0.589. The number of sulfonamides is 2. The molecule has 0 spiro atoms. The van der Waals surface area contributed by atoms with E-state index in [2.05, 4.69) is 9.71 Å². The fraction of sp³-hybridized carbons (Fsp3) is 0.364. The van der Waals surface area contributed by atoms with Gasteiger partial charge in [0.15, 0.2) is 0 Å². The summed E-state index contributed by atoms with van der Waals surface area (Å²) in [6.45, 7) is 4.15. The van der Waals surface area contributed by atoms with Crippen molar-refractivity contribution in [3.05, 3.63) is 59.3 Å². The molecule has 0 aliphatic carbocycles. The molecule has 1 aliphatic heterocycles. The van der Waals surface area contributed by atoms with Gasteiger partial charge in [0.2, 0.25) is 20.0 Å². The molecular formula is C22H27N3O4S2. The van der Waals surface area contributed by atoms with E-state index in [9.17, 15) is 16.8 Å². The molecule has 7 nitrogen and oxygen atoms in total. The number of benzene rings is 2. The van der Waals surface area contributed by atoms with Crippen molar-refractivity contribution >= 4 is 36.6 Å². The lowest BCUT2D eigenvalue weighted by Gasteiger charge is -2.30. The number of nitrogens with zero attached hydrogens (tertiary/aromatic N) is 1. The predicted molar refractivity (Wildman–Crippen MR) is 123 cm³/mol. The van der Waals surface area contributed by atoms with Gasteiger partial charge >= 0.3 is 0 Å². The average molecular weight is 462 g/mol. The SMILES string of the molecule is Cc1cc(S(=O)(=O)NCCc2c[nH]c3ccccc23)c(C)cc1N1CCCCS1(=O)=O. The second-order valence-electron chi connectivity index (χ2n) is 8.01. The van der Waals surface area contributed by atoms with Crippen molar-refractivity contribution in [3.8, 4) is 0 Å². The van der Waals surface area contributed by atoms with Gasteiger partial charge in [-0.1, -0.05) is 18.2 Å². The first-order valence-electron chi connectivity index (χ1n) is 10.4. The summed E-state index contributed by atoms with van der Waals surface area (Å²) in [4.78, 5) is 3.38. The van der Waals surface area contributed by atoms with E-state index >= 15 is 0 Å². The molecule has 1 aliphatic rings. The zero-order valence-electron chi connectivity index (χ0n) is 17.7. The first kappa shape index (κ1) is 21.9. The largest absolute Gasteiger partial charge is 0.361 e. The maximum atomic E-state index is 13.0. The first-order valence-corrected chi connectivity index (χ1v) is 13.4. The maximum absolute atomic E-state index is 13.0. The zero-order chi connectivity index (χ0) is 22.2. The molecule has 166 valence electrons. The van der Waals surface area contributed by atoms with Crippen LogP contribution in [0.5, 0.6) is 0 Å². The molecule has 0 amide bonds. The molecule has 0 bridgehead atoms. The van der Waals surface area contributed by atoms with Crippen molar-refractivity contribution in [2.45, 2.75) is 38.0 Å². The molecule has 9 heteroatoms. The van der Waals surface area contributed by atoms with Crippen LogP contribution in [0.3, 0.4) is 0 Å². The van der Waals surface area contributed by atoms with Gasteiger partial charge in [0.25, 0.3) is 0 Å². The summed E-state index contributed by atoms with van der Waals surface area (Å²) in [7, 11) is -7.08. The van der Waals surface area contributed by atoms with Crippen molar-refractivity contribution < 1.29 is 16.8 Å². The standard InChI is InChI=1S/C22H27N3O4S2/c1-16-14-22(17(2)13-21(16)25-11-5-6-12-30(25,26)27)31(28,29)24-10-9-18-15-23-20-8-4-3-7-19(18)20/h3-4,7-8,13-15,23-24H,5-6,9-12H2,1-2H3. The van der Waals surface area contributed by atoms with Crippen LogP contribution in [-0.2, 0) is 26.5 Å². The fourth-order valence-corrected chi connectivity index (χ4v) is 7.16. The molecule has 31 heavy (non-hydrogen) atoms. The van der Waals surface area contributed by atoms with Gasteiger partial charge in [-0.3, -0.25) is 4.31 Å². The number of rotatable bonds is 6. The van der Waals surface area contributed by atoms with E-state index in [4.69, 9.17) is 0 Å². The van der Waals surface area contributed by atoms with Crippen LogP contribution in [0.15, 0.2) is 47.5 Å². The Bertz CT molecular complexity index is 1330. The van der Waals surface area contributed by atoms with Crippen molar-refractivity contribution in [1.29, 1.82) is 0 Å². The molecular weight excluding hydrogens is 434 g/mol. The minimum atomic E-state index is -3.72. The lowest BCUT2D eigenvalue weighted by atomic mass is 10.1. The van der Waals surface area contributed by atoms with Gasteiger partial charge in [-0.2, -0.15) is 0 Å². The summed E-state index contributed by atoms with van der Waals surface area (Å²) in [5.41, 5.74) is 3.80. The lowest BCUT2D eigenvalue weighted by Crippen LogP contribution is -2.38. The van der Waals surface area contributed by atoms with Gasteiger partial charge in [-0.15, -0.1) is 0 Å². The van der Waals surface area contributed by atoms with Crippen LogP contribution in [0, 0.1) is 13.8 Å². The average Bonchev–Trinajstić information content (AvgIpc) is 3.12. The number of anilines is 1. The van der Waals surface area contributed by atoms with Crippen molar-refractivity contribution in [2.75, 3.05) is 23.1 Å². The number of H-pyrrole nitrogens is 1. The number of aromatic nitrogens is 1. The molecule has 0 unspecified atom stereocenters. The second kappa shape index (κ2) is 8.29. The highest BCUT2D eigenvalue weighted by atomic mass is 32.2. The molecule has 2 aromatic carbocycles. The fourth-order valence-electron chi connectivity index (χ4n) is 4.13. The van der Waals surface area contributed by atoms with Gasteiger partial charge in [0, 0.05) is 30.2 Å². The van der Waals surface area contributed by atoms with Crippen LogP contribution >= 0.6 is 0 Å². The Balaban J connectivity index is 1.53. The van der Waals surface area contributed by atoms with Crippen LogP contribution in [-0.4, -0.2) is 40.7 Å². The third-order valence-electron chi connectivity index (χ3n) is 5.76. The minimum Gasteiger partial charge on any atom is -0.361 e. The molecule has 3 aromatic rings. The van der Waals surface area contributed by atoms with Gasteiger partial charge in [-0.05, 0) is 68.0 Å². The number of hydrogen-bond acceptors (Lipinski definition) is 4. The van der Waals surface area contributed by atoms with Crippen LogP contribution < -0.4 is 9.03 Å². The molecule has 1 aromatic heterocycles. The lowest BCUT2D eigenvalue weighted by molar-refractivity contribution is 0.574. The van der Waals surface area contributed by atoms with E-state index in [0.717, 1.165) is 22.9 Å². The van der Waals surface area contributed by atoms with E-state index in [-0.39, 0.29) is 17.2 Å². The monoisotopic (exact) mass is 461 g/mol. The number of aromatic amines is 1. The predicted octanol–water partition coefficient (Wildman–Crippen LogP) is 3.24. The minimum absolute atomic E-state index is 0.126. The Kier molecular flexibility index (Phi) is 5.85. The topological polar surface area (TPSA) is 99.3 Å². The number of aryl methyl sites for hydroxylation is 2. The highest BCUT2D eigenvalue weighted by Gasteiger charge is 2.28. The Labute approximate surface area is 183 Å². The Hall–Kier alpha value is -2.36.